The molecule has 0 spiro atoms. The number of anilines is 1. The van der Waals surface area contributed by atoms with E-state index in [0.717, 1.165) is 54.7 Å². The lowest BCUT2D eigenvalue weighted by Gasteiger charge is -2.30. The number of fused-ring (bicyclic) bond motifs is 1. The standard InChI is InChI=1S/C35H60N7O18P3S/c1-4-5-6-7-8-9-10-11-12-13-23(43)18-26(45)64-17-16-37-25(44)14-15-38-33(48)30(47)35(2,3)20-57-63(54,55)60-62(52,53)56-19-24-29(59-61(49,50)51)28(46)34(58-24)42-22-41-27-31(36)39-21-40-32(27)42/h8-9,21-24,28-30,34,43,46-47H,4-7,10-20H2,1-3H3,(H,37,44)(H,38,48)(H,52,53)(H,54,55)(H2,36,39,40)(H2,49,50,51)/b9-8-/t23-,24+,28+,29+,30-,34+/m0/s1. The predicted octanol–water partition coefficient (Wildman–Crippen LogP) is 2.11. The first-order valence-corrected chi connectivity index (χ1v) is 25.8. The van der Waals surface area contributed by atoms with E-state index in [-0.39, 0.29) is 53.8 Å². The Labute approximate surface area is 373 Å². The van der Waals surface area contributed by atoms with Gasteiger partial charge in [0.1, 0.15) is 36.3 Å². The SMILES string of the molecule is CCCCC/C=C\CCCC[C@H](O)CC(=O)SCCNC(=O)CCNC(=O)[C@H](O)C(C)(C)COP(=O)(O)OP(=O)(O)OC[C@H]1O[C@@H](n2cnc3c(N)ncnc32)[C@H](O)[C@@H]1OP(=O)(O)O. The minimum atomic E-state index is -5.59. The molecular weight excluding hydrogens is 931 g/mol. The van der Waals surface area contributed by atoms with Crippen LogP contribution in [0.3, 0.4) is 0 Å². The number of hydrogen-bond donors (Lipinski definition) is 10. The molecule has 1 aliphatic rings. The van der Waals surface area contributed by atoms with Gasteiger partial charge in [0.2, 0.25) is 11.8 Å². The molecule has 64 heavy (non-hydrogen) atoms. The first-order valence-electron chi connectivity index (χ1n) is 20.3. The van der Waals surface area contributed by atoms with E-state index < -0.39 is 90.7 Å². The van der Waals surface area contributed by atoms with Crippen molar-refractivity contribution in [1.82, 2.24) is 30.2 Å². The van der Waals surface area contributed by atoms with E-state index in [4.69, 9.17) is 19.5 Å². The molecule has 364 valence electrons. The molecule has 2 aromatic heterocycles. The molecule has 25 nitrogen and oxygen atoms in total. The highest BCUT2D eigenvalue weighted by Crippen LogP contribution is 2.61. The lowest BCUT2D eigenvalue weighted by Crippen LogP contribution is -2.46. The van der Waals surface area contributed by atoms with Gasteiger partial charge in [0.15, 0.2) is 22.8 Å². The van der Waals surface area contributed by atoms with E-state index in [2.05, 4.69) is 53.5 Å². The van der Waals surface area contributed by atoms with E-state index in [1.165, 1.54) is 33.1 Å². The average molecular weight is 992 g/mol. The van der Waals surface area contributed by atoms with Gasteiger partial charge in [-0.1, -0.05) is 63.9 Å². The molecule has 3 heterocycles. The molecule has 2 unspecified atom stereocenters. The van der Waals surface area contributed by atoms with Gasteiger partial charge < -0.3 is 56.0 Å². The maximum atomic E-state index is 12.7. The lowest BCUT2D eigenvalue weighted by atomic mass is 9.87. The topological polar surface area (TPSA) is 384 Å². The number of hydrogen-bond acceptors (Lipinski definition) is 19. The van der Waals surface area contributed by atoms with Crippen LogP contribution in [0.5, 0.6) is 0 Å². The summed E-state index contributed by atoms with van der Waals surface area (Å²) >= 11 is 0.984. The number of imidazole rings is 1. The predicted molar refractivity (Wildman–Crippen MR) is 229 cm³/mol. The quantitative estimate of drug-likeness (QED) is 0.0304. The Hall–Kier alpha value is -2.74. The van der Waals surface area contributed by atoms with Crippen LogP contribution >= 0.6 is 35.2 Å². The number of carbonyl (C=O) groups excluding carboxylic acids is 3. The number of nitrogens with zero attached hydrogens (tertiary/aromatic N) is 4. The number of phosphoric ester groups is 3. The number of allylic oxidation sites excluding steroid dienone is 2. The van der Waals surface area contributed by atoms with E-state index >= 15 is 0 Å². The third kappa shape index (κ3) is 19.2. The Morgan fingerprint density at radius 2 is 1.66 bits per heavy atom. The van der Waals surface area contributed by atoms with Gasteiger partial charge in [-0.25, -0.2) is 28.6 Å². The van der Waals surface area contributed by atoms with Crippen molar-refractivity contribution in [2.75, 3.05) is 37.8 Å². The maximum absolute atomic E-state index is 12.7. The molecule has 2 aromatic rings. The summed E-state index contributed by atoms with van der Waals surface area (Å²) in [6.45, 7) is 2.54. The number of rotatable bonds is 30. The Morgan fingerprint density at radius 1 is 0.984 bits per heavy atom. The van der Waals surface area contributed by atoms with Crippen LogP contribution < -0.4 is 16.4 Å². The number of aliphatic hydroxyl groups is 3. The summed E-state index contributed by atoms with van der Waals surface area (Å²) in [5, 5.41) is 36.4. The fraction of sp³-hybridized carbons (Fsp3) is 0.714. The third-order valence-electron chi connectivity index (χ3n) is 9.47. The van der Waals surface area contributed by atoms with Crippen LogP contribution in [0.4, 0.5) is 5.82 Å². The van der Waals surface area contributed by atoms with Gasteiger partial charge in [-0.15, -0.1) is 0 Å². The number of nitrogens with one attached hydrogen (secondary N) is 2. The summed E-state index contributed by atoms with van der Waals surface area (Å²) in [6, 6.07) is 0. The summed E-state index contributed by atoms with van der Waals surface area (Å²) in [5.41, 5.74) is 4.25. The normalized spacial score (nSPS) is 21.1. The molecule has 3 rings (SSSR count). The Balaban J connectivity index is 1.37. The number of aliphatic hydroxyl groups excluding tert-OH is 3. The molecular formula is C35H60N7O18P3S. The van der Waals surface area contributed by atoms with Gasteiger partial charge in [-0.3, -0.25) is 32.5 Å². The van der Waals surface area contributed by atoms with Crippen molar-refractivity contribution in [3.8, 4) is 0 Å². The Kier molecular flexibility index (Phi) is 22.6. The number of amides is 2. The van der Waals surface area contributed by atoms with Gasteiger partial charge >= 0.3 is 23.5 Å². The number of aromatic nitrogens is 4. The van der Waals surface area contributed by atoms with Crippen LogP contribution in [-0.4, -0.2) is 134 Å². The van der Waals surface area contributed by atoms with Crippen LogP contribution in [-0.2, 0) is 50.7 Å². The molecule has 11 N–H and O–H groups in total. The van der Waals surface area contributed by atoms with E-state index in [0.29, 0.717) is 6.42 Å². The van der Waals surface area contributed by atoms with Crippen molar-refractivity contribution in [2.45, 2.75) is 122 Å². The van der Waals surface area contributed by atoms with E-state index in [9.17, 15) is 63.0 Å². The lowest BCUT2D eigenvalue weighted by molar-refractivity contribution is -0.137. The fourth-order valence-electron chi connectivity index (χ4n) is 6.04. The van der Waals surface area contributed by atoms with Gasteiger partial charge in [0.05, 0.1) is 25.6 Å². The largest absolute Gasteiger partial charge is 0.481 e. The van der Waals surface area contributed by atoms with Crippen LogP contribution in [0, 0.1) is 5.41 Å². The Bertz CT molecular complexity index is 2010. The first kappa shape index (κ1) is 55.6. The average Bonchev–Trinajstić information content (AvgIpc) is 3.76. The molecule has 2 amide bonds. The van der Waals surface area contributed by atoms with E-state index in [1.807, 2.05) is 0 Å². The molecule has 0 radical (unpaired) electrons. The number of thioether (sulfide) groups is 1. The second-order valence-electron chi connectivity index (χ2n) is 15.4. The number of phosphoric acid groups is 3. The van der Waals surface area contributed by atoms with Gasteiger partial charge in [-0.05, 0) is 32.1 Å². The first-order chi connectivity index (χ1) is 29.9. The van der Waals surface area contributed by atoms with Gasteiger partial charge in [-0.2, -0.15) is 4.31 Å². The zero-order chi connectivity index (χ0) is 47.7. The smallest absolute Gasteiger partial charge is 0.393 e. The minimum Gasteiger partial charge on any atom is -0.393 e. The molecule has 0 bridgehead atoms. The summed E-state index contributed by atoms with van der Waals surface area (Å²) in [4.78, 5) is 88.2. The fourth-order valence-corrected chi connectivity index (χ4v) is 9.61. The van der Waals surface area contributed by atoms with Crippen LogP contribution in [0.1, 0.15) is 91.2 Å². The molecule has 1 aliphatic heterocycles. The van der Waals surface area contributed by atoms with Gasteiger partial charge in [0, 0.05) is 37.1 Å². The summed E-state index contributed by atoms with van der Waals surface area (Å²) < 4.78 is 62.3. The number of carbonyl (C=O) groups is 3. The van der Waals surface area contributed by atoms with Crippen molar-refractivity contribution < 1.29 is 85.6 Å². The second kappa shape index (κ2) is 26.0. The molecule has 29 heteroatoms. The van der Waals surface area contributed by atoms with Crippen molar-refractivity contribution in [1.29, 1.82) is 0 Å². The number of unbranched alkanes of at least 4 members (excludes halogenated alkanes) is 5. The Morgan fingerprint density at radius 3 is 2.33 bits per heavy atom. The van der Waals surface area contributed by atoms with Crippen molar-refractivity contribution >= 4 is 69.1 Å². The van der Waals surface area contributed by atoms with Crippen LogP contribution in [0.2, 0.25) is 0 Å². The summed E-state index contributed by atoms with van der Waals surface area (Å²) in [6.07, 6.45) is 4.48. The highest BCUT2D eigenvalue weighted by Gasteiger charge is 2.50. The molecule has 0 aromatic carbocycles. The van der Waals surface area contributed by atoms with Crippen molar-refractivity contribution in [3.63, 3.8) is 0 Å². The molecule has 8 atom stereocenters. The molecule has 0 aliphatic carbocycles. The molecule has 0 saturated carbocycles. The highest BCUT2D eigenvalue weighted by molar-refractivity contribution is 8.13. The third-order valence-corrected chi connectivity index (χ3v) is 13.5. The number of nitrogens with two attached hydrogens (primary N) is 1. The summed E-state index contributed by atoms with van der Waals surface area (Å²) in [5.74, 6) is -1.24. The monoisotopic (exact) mass is 991 g/mol. The van der Waals surface area contributed by atoms with Crippen LogP contribution in [0.25, 0.3) is 11.2 Å². The molecule has 1 fully saturated rings. The number of nitrogen functional groups attached to an aromatic ring is 1. The van der Waals surface area contributed by atoms with Crippen molar-refractivity contribution in [3.05, 3.63) is 24.8 Å². The highest BCUT2D eigenvalue weighted by atomic mass is 32.2. The van der Waals surface area contributed by atoms with E-state index in [1.54, 1.807) is 0 Å². The number of ether oxygens (including phenoxy) is 1. The molecule has 1 saturated heterocycles. The van der Waals surface area contributed by atoms with Crippen LogP contribution in [0.15, 0.2) is 24.8 Å². The van der Waals surface area contributed by atoms with Crippen molar-refractivity contribution in [2.24, 2.45) is 5.41 Å². The zero-order valence-electron chi connectivity index (χ0n) is 35.6. The zero-order valence-corrected chi connectivity index (χ0v) is 39.1. The minimum absolute atomic E-state index is 0.00730. The maximum Gasteiger partial charge on any atom is 0.481 e. The second-order valence-corrected chi connectivity index (χ2v) is 20.8. The van der Waals surface area contributed by atoms with Gasteiger partial charge in [0.25, 0.3) is 0 Å². The summed E-state index contributed by atoms with van der Waals surface area (Å²) in [7, 11) is -16.4.